The summed E-state index contributed by atoms with van der Waals surface area (Å²) in [5.74, 6) is 0. The Morgan fingerprint density at radius 3 is 1.48 bits per heavy atom. The topological polar surface area (TPSA) is 25.8 Å². The summed E-state index contributed by atoms with van der Waals surface area (Å²) < 4.78 is 0. The van der Waals surface area contributed by atoms with Gasteiger partial charge in [-0.05, 0) is 72.8 Å². The lowest BCUT2D eigenvalue weighted by atomic mass is 9.92. The third kappa shape index (κ3) is 4.73. The fourth-order valence-electron chi connectivity index (χ4n) is 7.50. The zero-order chi connectivity index (χ0) is 33.0. The van der Waals surface area contributed by atoms with E-state index in [1.54, 1.807) is 0 Å². The van der Waals surface area contributed by atoms with Crippen molar-refractivity contribution in [1.29, 1.82) is 0 Å². The first-order chi connectivity index (χ1) is 24.8. The second-order valence-corrected chi connectivity index (χ2v) is 13.0. The van der Waals surface area contributed by atoms with Crippen LogP contribution in [0.4, 0.5) is 0 Å². The van der Waals surface area contributed by atoms with E-state index in [4.69, 9.17) is 9.97 Å². The van der Waals surface area contributed by atoms with Crippen molar-refractivity contribution >= 4 is 54.1 Å². The van der Waals surface area contributed by atoms with Crippen LogP contribution >= 0.6 is 0 Å². The van der Waals surface area contributed by atoms with E-state index in [0.29, 0.717) is 0 Å². The Labute approximate surface area is 290 Å². The van der Waals surface area contributed by atoms with Gasteiger partial charge in [-0.2, -0.15) is 0 Å². The number of rotatable bonds is 4. The summed E-state index contributed by atoms with van der Waals surface area (Å²) in [7, 11) is 0. The second-order valence-electron chi connectivity index (χ2n) is 13.0. The molecule has 2 heteroatoms. The van der Waals surface area contributed by atoms with Gasteiger partial charge in [0.15, 0.2) is 0 Å². The molecule has 0 aliphatic heterocycles. The molecule has 50 heavy (non-hydrogen) atoms. The molecule has 0 bridgehead atoms. The fraction of sp³-hybridized carbons (Fsp3) is 0. The highest BCUT2D eigenvalue weighted by atomic mass is 14.8. The predicted octanol–water partition coefficient (Wildman–Crippen LogP) is 12.9. The van der Waals surface area contributed by atoms with E-state index in [9.17, 15) is 0 Å². The zero-order valence-electron chi connectivity index (χ0n) is 27.2. The van der Waals surface area contributed by atoms with Crippen molar-refractivity contribution in [2.75, 3.05) is 0 Å². The van der Waals surface area contributed by atoms with Gasteiger partial charge >= 0.3 is 0 Å². The molecule has 0 aliphatic carbocycles. The minimum absolute atomic E-state index is 0.919. The molecule has 10 aromatic rings. The Morgan fingerprint density at radius 1 is 0.260 bits per heavy atom. The second kappa shape index (κ2) is 11.5. The molecule has 2 nitrogen and oxygen atoms in total. The van der Waals surface area contributed by atoms with Crippen LogP contribution in [0.3, 0.4) is 0 Å². The highest BCUT2D eigenvalue weighted by Crippen LogP contribution is 2.36. The predicted molar refractivity (Wildman–Crippen MR) is 211 cm³/mol. The molecule has 0 N–H and O–H groups in total. The van der Waals surface area contributed by atoms with Gasteiger partial charge < -0.3 is 0 Å². The highest BCUT2D eigenvalue weighted by Gasteiger charge is 2.12. The average Bonchev–Trinajstić information content (AvgIpc) is 3.20. The molecule has 0 unspecified atom stereocenters. The summed E-state index contributed by atoms with van der Waals surface area (Å²) >= 11 is 0. The lowest BCUT2D eigenvalue weighted by Gasteiger charge is -2.12. The van der Waals surface area contributed by atoms with E-state index >= 15 is 0 Å². The maximum absolute atomic E-state index is 5.21. The maximum Gasteiger partial charge on any atom is 0.0972 e. The van der Waals surface area contributed by atoms with Crippen LogP contribution in [0.15, 0.2) is 182 Å². The first kappa shape index (κ1) is 28.4. The number of benzene rings is 8. The number of aromatic nitrogens is 2. The van der Waals surface area contributed by atoms with Crippen LogP contribution in [0, 0.1) is 0 Å². The monoisotopic (exact) mass is 634 g/mol. The summed E-state index contributed by atoms with van der Waals surface area (Å²) in [4.78, 5) is 10.4. The maximum atomic E-state index is 5.21. The highest BCUT2D eigenvalue weighted by molar-refractivity contribution is 6.14. The van der Waals surface area contributed by atoms with E-state index in [2.05, 4.69) is 182 Å². The molecule has 0 amide bonds. The van der Waals surface area contributed by atoms with Gasteiger partial charge in [-0.15, -0.1) is 0 Å². The van der Waals surface area contributed by atoms with Gasteiger partial charge in [0.2, 0.25) is 0 Å². The van der Waals surface area contributed by atoms with Gasteiger partial charge in [0.1, 0.15) is 0 Å². The molecule has 0 aliphatic rings. The lowest BCUT2D eigenvalue weighted by molar-refractivity contribution is 1.37. The van der Waals surface area contributed by atoms with Crippen molar-refractivity contribution in [2.45, 2.75) is 0 Å². The molecule has 8 aromatic carbocycles. The molecule has 0 saturated carbocycles. The molecule has 0 fully saturated rings. The summed E-state index contributed by atoms with van der Waals surface area (Å²) in [6.45, 7) is 0. The fourth-order valence-corrected chi connectivity index (χ4v) is 7.50. The van der Waals surface area contributed by atoms with Gasteiger partial charge in [-0.1, -0.05) is 164 Å². The van der Waals surface area contributed by atoms with E-state index in [-0.39, 0.29) is 0 Å². The third-order valence-electron chi connectivity index (χ3n) is 10.1. The SMILES string of the molecule is c1ccc2c(-c3ccc4ccc5ccc(-c6ccc(-c7ccc(-c8cc9ccccc9c9ccccc89)cc7)cc6)nc5c4n3)cccc2c1. The van der Waals surface area contributed by atoms with Crippen LogP contribution in [-0.2, 0) is 0 Å². The summed E-state index contributed by atoms with van der Waals surface area (Å²) in [5.41, 5.74) is 10.8. The molecule has 0 spiro atoms. The smallest absolute Gasteiger partial charge is 0.0972 e. The minimum atomic E-state index is 0.919. The van der Waals surface area contributed by atoms with E-state index in [1.165, 1.54) is 54.6 Å². The van der Waals surface area contributed by atoms with Crippen LogP contribution in [0.25, 0.3) is 98.9 Å². The van der Waals surface area contributed by atoms with Gasteiger partial charge in [0, 0.05) is 21.9 Å². The Balaban J connectivity index is 0.991. The Bertz CT molecular complexity index is 2900. The van der Waals surface area contributed by atoms with Crippen molar-refractivity contribution in [3.63, 3.8) is 0 Å². The van der Waals surface area contributed by atoms with Crippen molar-refractivity contribution in [1.82, 2.24) is 9.97 Å². The molecule has 0 saturated heterocycles. The van der Waals surface area contributed by atoms with Crippen molar-refractivity contribution in [2.24, 2.45) is 0 Å². The van der Waals surface area contributed by atoms with Crippen LogP contribution in [0.1, 0.15) is 0 Å². The molecular formula is C48H30N2. The standard InChI is InChI=1S/C48H30N2/c1-3-11-39-33(8-1)10-7-15-43(39)46-29-27-37-25-24-36-26-28-45(49-47(36)48(37)50-46)35-22-18-32(19-23-35)31-16-20-34(21-17-31)44-30-38-9-2-4-12-40(38)41-13-5-6-14-42(41)44/h1-30H. The molecule has 0 atom stereocenters. The number of nitrogens with zero attached hydrogens (tertiary/aromatic N) is 2. The van der Waals surface area contributed by atoms with Gasteiger partial charge in [-0.3, -0.25) is 0 Å². The Hall–Kier alpha value is -6.64. The number of hydrogen-bond acceptors (Lipinski definition) is 2. The van der Waals surface area contributed by atoms with Crippen LogP contribution in [0.5, 0.6) is 0 Å². The summed E-state index contributed by atoms with van der Waals surface area (Å²) in [6.07, 6.45) is 0. The molecule has 10 rings (SSSR count). The molecule has 232 valence electrons. The number of pyridine rings is 2. The molecule has 2 aromatic heterocycles. The normalized spacial score (nSPS) is 11.6. The molecular weight excluding hydrogens is 605 g/mol. The van der Waals surface area contributed by atoms with Crippen LogP contribution < -0.4 is 0 Å². The van der Waals surface area contributed by atoms with E-state index in [0.717, 1.165) is 44.3 Å². The van der Waals surface area contributed by atoms with Crippen molar-refractivity contribution in [3.05, 3.63) is 182 Å². The number of fused-ring (bicyclic) bond motifs is 7. The first-order valence-electron chi connectivity index (χ1n) is 17.1. The number of hydrogen-bond donors (Lipinski definition) is 0. The third-order valence-corrected chi connectivity index (χ3v) is 10.1. The minimum Gasteiger partial charge on any atom is -0.245 e. The summed E-state index contributed by atoms with van der Waals surface area (Å²) in [5, 5.41) is 9.70. The Kier molecular flexibility index (Phi) is 6.53. The molecule has 2 heterocycles. The molecule has 0 radical (unpaired) electrons. The van der Waals surface area contributed by atoms with Gasteiger partial charge in [0.25, 0.3) is 0 Å². The largest absolute Gasteiger partial charge is 0.245 e. The van der Waals surface area contributed by atoms with Gasteiger partial charge in [-0.25, -0.2) is 9.97 Å². The zero-order valence-corrected chi connectivity index (χ0v) is 27.2. The lowest BCUT2D eigenvalue weighted by Crippen LogP contribution is -1.91. The first-order valence-corrected chi connectivity index (χ1v) is 17.1. The summed E-state index contributed by atoms with van der Waals surface area (Å²) in [6, 6.07) is 65.1. The van der Waals surface area contributed by atoms with Gasteiger partial charge in [0.05, 0.1) is 22.4 Å². The van der Waals surface area contributed by atoms with Crippen LogP contribution in [0.2, 0.25) is 0 Å². The van der Waals surface area contributed by atoms with Crippen molar-refractivity contribution < 1.29 is 0 Å². The van der Waals surface area contributed by atoms with E-state index < -0.39 is 0 Å². The Morgan fingerprint density at radius 2 is 0.760 bits per heavy atom. The average molecular weight is 635 g/mol. The quantitative estimate of drug-likeness (QED) is 0.180. The van der Waals surface area contributed by atoms with Crippen molar-refractivity contribution in [3.8, 4) is 44.8 Å². The van der Waals surface area contributed by atoms with E-state index in [1.807, 2.05) is 0 Å². The van der Waals surface area contributed by atoms with Crippen LogP contribution in [-0.4, -0.2) is 9.97 Å².